The monoisotopic (exact) mass is 276 g/mol. The van der Waals surface area contributed by atoms with Gasteiger partial charge in [-0.3, -0.25) is 4.79 Å². The van der Waals surface area contributed by atoms with E-state index < -0.39 is 0 Å². The van der Waals surface area contributed by atoms with Crippen molar-refractivity contribution in [3.63, 3.8) is 0 Å². The molecule has 1 amide bonds. The van der Waals surface area contributed by atoms with Gasteiger partial charge in [0.15, 0.2) is 0 Å². The van der Waals surface area contributed by atoms with Crippen LogP contribution in [-0.4, -0.2) is 24.2 Å². The second-order valence-corrected chi connectivity index (χ2v) is 4.64. The molecule has 1 atom stereocenters. The van der Waals surface area contributed by atoms with E-state index >= 15 is 0 Å². The van der Waals surface area contributed by atoms with Crippen LogP contribution in [0.4, 0.5) is 5.69 Å². The van der Waals surface area contributed by atoms with Crippen LogP contribution < -0.4 is 11.1 Å². The number of nitrogens with one attached hydrogen (secondary N) is 1. The van der Waals surface area contributed by atoms with E-state index in [-0.39, 0.29) is 34.2 Å². The molecule has 0 heterocycles. The van der Waals surface area contributed by atoms with Gasteiger partial charge in [-0.1, -0.05) is 30.1 Å². The Morgan fingerprint density at radius 1 is 1.53 bits per heavy atom. The molecule has 17 heavy (non-hydrogen) atoms. The molecule has 1 aromatic carbocycles. The summed E-state index contributed by atoms with van der Waals surface area (Å²) in [6.07, 6.45) is 0. The fourth-order valence-corrected chi connectivity index (χ4v) is 1.51. The first-order valence-corrected chi connectivity index (χ1v) is 5.85. The SMILES string of the molecule is CC(CO)CNC(=O)c1cc(N)c(Cl)c(Cl)c1. The predicted octanol–water partition coefficient (Wildman–Crippen LogP) is 1.93. The number of halogens is 2. The highest BCUT2D eigenvalue weighted by Crippen LogP contribution is 2.29. The van der Waals surface area contributed by atoms with Gasteiger partial charge in [-0.2, -0.15) is 0 Å². The summed E-state index contributed by atoms with van der Waals surface area (Å²) < 4.78 is 0. The van der Waals surface area contributed by atoms with Gasteiger partial charge in [-0.25, -0.2) is 0 Å². The van der Waals surface area contributed by atoms with E-state index in [9.17, 15) is 4.79 Å². The van der Waals surface area contributed by atoms with Crippen LogP contribution in [0.2, 0.25) is 10.0 Å². The molecule has 0 aliphatic carbocycles. The second-order valence-electron chi connectivity index (χ2n) is 3.86. The summed E-state index contributed by atoms with van der Waals surface area (Å²) in [4.78, 5) is 11.7. The maximum absolute atomic E-state index is 11.7. The van der Waals surface area contributed by atoms with Crippen LogP contribution in [-0.2, 0) is 0 Å². The lowest BCUT2D eigenvalue weighted by Crippen LogP contribution is -2.29. The van der Waals surface area contributed by atoms with E-state index in [1.807, 2.05) is 6.92 Å². The highest BCUT2D eigenvalue weighted by molar-refractivity contribution is 6.43. The molecule has 6 heteroatoms. The van der Waals surface area contributed by atoms with Gasteiger partial charge in [0.05, 0.1) is 15.7 Å². The highest BCUT2D eigenvalue weighted by atomic mass is 35.5. The lowest BCUT2D eigenvalue weighted by molar-refractivity contribution is 0.0942. The standard InChI is InChI=1S/C11H14Cl2N2O2/c1-6(5-16)4-15-11(17)7-2-8(12)10(13)9(14)3-7/h2-3,6,16H,4-5,14H2,1H3,(H,15,17). The van der Waals surface area contributed by atoms with Gasteiger partial charge in [-0.15, -0.1) is 0 Å². The van der Waals surface area contributed by atoms with E-state index in [1.54, 1.807) is 0 Å². The molecular formula is C11H14Cl2N2O2. The molecular weight excluding hydrogens is 263 g/mol. The number of benzene rings is 1. The van der Waals surface area contributed by atoms with Crippen LogP contribution >= 0.6 is 23.2 Å². The number of aliphatic hydroxyl groups excluding tert-OH is 1. The second kappa shape index (κ2) is 6.10. The lowest BCUT2D eigenvalue weighted by Gasteiger charge is -2.10. The van der Waals surface area contributed by atoms with Gasteiger partial charge in [0.25, 0.3) is 5.91 Å². The van der Waals surface area contributed by atoms with Gasteiger partial charge in [-0.05, 0) is 18.1 Å². The van der Waals surface area contributed by atoms with Crippen molar-refractivity contribution in [3.05, 3.63) is 27.7 Å². The molecule has 94 valence electrons. The zero-order valence-electron chi connectivity index (χ0n) is 9.34. The Labute approximate surface area is 110 Å². The van der Waals surface area contributed by atoms with Crippen molar-refractivity contribution in [2.45, 2.75) is 6.92 Å². The molecule has 0 radical (unpaired) electrons. The van der Waals surface area contributed by atoms with Crippen molar-refractivity contribution in [2.75, 3.05) is 18.9 Å². The van der Waals surface area contributed by atoms with E-state index in [1.165, 1.54) is 12.1 Å². The molecule has 4 N–H and O–H groups in total. The van der Waals surface area contributed by atoms with Crippen LogP contribution in [0.1, 0.15) is 17.3 Å². The van der Waals surface area contributed by atoms with Crippen LogP contribution in [0.3, 0.4) is 0 Å². The van der Waals surface area contributed by atoms with Crippen molar-refractivity contribution < 1.29 is 9.90 Å². The summed E-state index contributed by atoms with van der Waals surface area (Å²) in [5, 5.41) is 12.0. The molecule has 0 aliphatic heterocycles. The van der Waals surface area contributed by atoms with Gasteiger partial charge >= 0.3 is 0 Å². The minimum atomic E-state index is -0.296. The van der Waals surface area contributed by atoms with Crippen LogP contribution in [0.5, 0.6) is 0 Å². The Kier molecular flexibility index (Phi) is 5.05. The third kappa shape index (κ3) is 3.77. The van der Waals surface area contributed by atoms with Gasteiger partial charge in [0.2, 0.25) is 0 Å². The number of carbonyl (C=O) groups is 1. The zero-order valence-corrected chi connectivity index (χ0v) is 10.8. The summed E-state index contributed by atoms with van der Waals surface area (Å²) in [7, 11) is 0. The average Bonchev–Trinajstić information content (AvgIpc) is 2.31. The molecule has 1 rings (SSSR count). The minimum Gasteiger partial charge on any atom is -0.397 e. The van der Waals surface area contributed by atoms with E-state index in [0.29, 0.717) is 12.1 Å². The van der Waals surface area contributed by atoms with Crippen molar-refractivity contribution in [1.29, 1.82) is 0 Å². The molecule has 0 bridgehead atoms. The zero-order chi connectivity index (χ0) is 13.0. The van der Waals surface area contributed by atoms with Crippen LogP contribution in [0, 0.1) is 5.92 Å². The molecule has 0 aliphatic rings. The van der Waals surface area contributed by atoms with Crippen molar-refractivity contribution >= 4 is 34.8 Å². The summed E-state index contributed by atoms with van der Waals surface area (Å²) in [5.74, 6) is -0.297. The van der Waals surface area contributed by atoms with Gasteiger partial charge < -0.3 is 16.2 Å². The number of rotatable bonds is 4. The molecule has 1 unspecified atom stereocenters. The number of nitrogens with two attached hydrogens (primary N) is 1. The van der Waals surface area contributed by atoms with Crippen LogP contribution in [0.15, 0.2) is 12.1 Å². The van der Waals surface area contributed by atoms with Gasteiger partial charge in [0, 0.05) is 18.7 Å². The first-order chi connectivity index (χ1) is 7.95. The number of aliphatic hydroxyl groups is 1. The van der Waals surface area contributed by atoms with E-state index in [2.05, 4.69) is 5.32 Å². The Morgan fingerprint density at radius 3 is 2.71 bits per heavy atom. The predicted molar refractivity (Wildman–Crippen MR) is 69.5 cm³/mol. The minimum absolute atomic E-state index is 0.000862. The molecule has 0 saturated carbocycles. The largest absolute Gasteiger partial charge is 0.397 e. The number of anilines is 1. The highest BCUT2D eigenvalue weighted by Gasteiger charge is 2.11. The van der Waals surface area contributed by atoms with E-state index in [4.69, 9.17) is 34.0 Å². The Balaban J connectivity index is 2.76. The third-order valence-electron chi connectivity index (χ3n) is 2.24. The van der Waals surface area contributed by atoms with Crippen molar-refractivity contribution in [3.8, 4) is 0 Å². The fourth-order valence-electron chi connectivity index (χ4n) is 1.17. The fraction of sp³-hybridized carbons (Fsp3) is 0.364. The number of hydrogen-bond acceptors (Lipinski definition) is 3. The number of amides is 1. The normalized spacial score (nSPS) is 12.2. The van der Waals surface area contributed by atoms with E-state index in [0.717, 1.165) is 0 Å². The van der Waals surface area contributed by atoms with Gasteiger partial charge in [0.1, 0.15) is 0 Å². The summed E-state index contributed by atoms with van der Waals surface area (Å²) >= 11 is 11.6. The maximum atomic E-state index is 11.7. The third-order valence-corrected chi connectivity index (χ3v) is 3.06. The quantitative estimate of drug-likeness (QED) is 0.736. The van der Waals surface area contributed by atoms with Crippen molar-refractivity contribution in [2.24, 2.45) is 5.92 Å². The summed E-state index contributed by atoms with van der Waals surface area (Å²) in [5.41, 5.74) is 6.22. The number of hydrogen-bond donors (Lipinski definition) is 3. The smallest absolute Gasteiger partial charge is 0.251 e. The molecule has 4 nitrogen and oxygen atoms in total. The van der Waals surface area contributed by atoms with Crippen LogP contribution in [0.25, 0.3) is 0 Å². The Hall–Kier alpha value is -0.970. The Morgan fingerprint density at radius 2 is 2.18 bits per heavy atom. The summed E-state index contributed by atoms with van der Waals surface area (Å²) in [6, 6.07) is 2.92. The van der Waals surface area contributed by atoms with Crippen molar-refractivity contribution in [1.82, 2.24) is 5.32 Å². The molecule has 1 aromatic rings. The molecule has 0 saturated heterocycles. The molecule has 0 spiro atoms. The molecule has 0 fully saturated rings. The summed E-state index contributed by atoms with van der Waals surface area (Å²) in [6.45, 7) is 2.22. The lowest BCUT2D eigenvalue weighted by atomic mass is 10.1. The number of carbonyl (C=O) groups excluding carboxylic acids is 1. The first kappa shape index (κ1) is 14.1. The molecule has 0 aromatic heterocycles. The number of nitrogen functional groups attached to an aromatic ring is 1. The average molecular weight is 277 g/mol. The topological polar surface area (TPSA) is 75.3 Å². The first-order valence-electron chi connectivity index (χ1n) is 5.09. The maximum Gasteiger partial charge on any atom is 0.251 e. The Bertz CT molecular complexity index is 401.